The third kappa shape index (κ3) is 2.93. The number of benzene rings is 1. The van der Waals surface area contributed by atoms with Crippen LogP contribution in [0.3, 0.4) is 0 Å². The molecule has 0 saturated carbocycles. The largest absolute Gasteiger partial charge is 0.237 e. The smallest absolute Gasteiger partial charge is 0.140 e. The Morgan fingerprint density at radius 2 is 2.16 bits per heavy atom. The van der Waals surface area contributed by atoms with E-state index in [0.717, 1.165) is 42.1 Å². The summed E-state index contributed by atoms with van der Waals surface area (Å²) in [4.78, 5) is 10.3. The van der Waals surface area contributed by atoms with Crippen LogP contribution in [0.2, 0.25) is 5.15 Å². The zero-order chi connectivity index (χ0) is 13.2. The van der Waals surface area contributed by atoms with Crippen LogP contribution in [0.25, 0.3) is 0 Å². The Morgan fingerprint density at radius 3 is 3.00 bits per heavy atom. The molecular weight excluding hydrogens is 276 g/mol. The van der Waals surface area contributed by atoms with Gasteiger partial charge >= 0.3 is 0 Å². The number of nitrogens with zero attached hydrogens (tertiary/aromatic N) is 2. The van der Waals surface area contributed by atoms with Gasteiger partial charge in [0.1, 0.15) is 11.0 Å². The predicted molar refractivity (Wildman–Crippen MR) is 79.8 cm³/mol. The first-order chi connectivity index (χ1) is 9.22. The van der Waals surface area contributed by atoms with Gasteiger partial charge < -0.3 is 0 Å². The fraction of sp³-hybridized carbons (Fsp3) is 0.333. The van der Waals surface area contributed by atoms with E-state index in [1.165, 1.54) is 10.5 Å². The summed E-state index contributed by atoms with van der Waals surface area (Å²) >= 11 is 7.98. The van der Waals surface area contributed by atoms with Crippen LogP contribution in [0.4, 0.5) is 0 Å². The third-order valence-electron chi connectivity index (χ3n) is 3.29. The normalized spacial score (nSPS) is 13.6. The molecule has 0 fully saturated rings. The van der Waals surface area contributed by atoms with Gasteiger partial charge in [0, 0.05) is 16.2 Å². The minimum Gasteiger partial charge on any atom is -0.237 e. The van der Waals surface area contributed by atoms with Crippen molar-refractivity contribution < 1.29 is 0 Å². The molecule has 0 bridgehead atoms. The average Bonchev–Trinajstić information content (AvgIpc) is 2.85. The van der Waals surface area contributed by atoms with Gasteiger partial charge in [-0.15, -0.1) is 11.8 Å². The lowest BCUT2D eigenvalue weighted by atomic mass is 10.2. The van der Waals surface area contributed by atoms with Crippen molar-refractivity contribution in [2.75, 3.05) is 0 Å². The highest BCUT2D eigenvalue weighted by atomic mass is 35.5. The molecule has 3 rings (SSSR count). The molecular formula is C15H15ClN2S. The summed E-state index contributed by atoms with van der Waals surface area (Å²) in [6.07, 6.45) is 3.22. The Morgan fingerprint density at radius 1 is 1.26 bits per heavy atom. The lowest BCUT2D eigenvalue weighted by Gasteiger charge is -2.06. The Balaban J connectivity index is 1.76. The summed E-state index contributed by atoms with van der Waals surface area (Å²) in [7, 11) is 0. The molecule has 2 aromatic rings. The Hall–Kier alpha value is -1.06. The van der Waals surface area contributed by atoms with Gasteiger partial charge in [0.05, 0.1) is 5.75 Å². The first kappa shape index (κ1) is 12.9. The van der Waals surface area contributed by atoms with Gasteiger partial charge in [0.15, 0.2) is 0 Å². The molecule has 2 nitrogen and oxygen atoms in total. The molecule has 1 aromatic carbocycles. The molecule has 19 heavy (non-hydrogen) atoms. The molecule has 0 amide bonds. The van der Waals surface area contributed by atoms with Crippen molar-refractivity contribution in [1.29, 1.82) is 0 Å². The van der Waals surface area contributed by atoms with Gasteiger partial charge in [-0.1, -0.05) is 29.3 Å². The average molecular weight is 291 g/mol. The van der Waals surface area contributed by atoms with Crippen LogP contribution in [0.1, 0.15) is 29.1 Å². The van der Waals surface area contributed by atoms with E-state index in [-0.39, 0.29) is 0 Å². The second-order valence-corrected chi connectivity index (χ2v) is 6.22. The fourth-order valence-electron chi connectivity index (χ4n) is 2.35. The second kappa shape index (κ2) is 5.51. The van der Waals surface area contributed by atoms with Gasteiger partial charge in [-0.05, 0) is 38.3 Å². The molecule has 0 saturated heterocycles. The molecule has 1 aliphatic rings. The molecule has 98 valence electrons. The van der Waals surface area contributed by atoms with Gasteiger partial charge in [-0.2, -0.15) is 0 Å². The Kier molecular flexibility index (Phi) is 3.76. The zero-order valence-corrected chi connectivity index (χ0v) is 12.4. The summed E-state index contributed by atoms with van der Waals surface area (Å²) in [5.41, 5.74) is 3.59. The van der Waals surface area contributed by atoms with E-state index >= 15 is 0 Å². The maximum atomic E-state index is 6.22. The van der Waals surface area contributed by atoms with Crippen LogP contribution < -0.4 is 0 Å². The molecule has 0 spiro atoms. The minimum atomic E-state index is 0.655. The van der Waals surface area contributed by atoms with Crippen molar-refractivity contribution in [3.63, 3.8) is 0 Å². The lowest BCUT2D eigenvalue weighted by Crippen LogP contribution is -1.99. The van der Waals surface area contributed by atoms with Crippen LogP contribution in [0.5, 0.6) is 0 Å². The van der Waals surface area contributed by atoms with E-state index < -0.39 is 0 Å². The monoisotopic (exact) mass is 290 g/mol. The van der Waals surface area contributed by atoms with Crippen molar-refractivity contribution in [1.82, 2.24) is 9.97 Å². The number of aryl methyl sites for hydroxylation is 2. The lowest BCUT2D eigenvalue weighted by molar-refractivity contribution is 0.893. The minimum absolute atomic E-state index is 0.655. The van der Waals surface area contributed by atoms with Crippen LogP contribution in [0, 0.1) is 6.92 Å². The number of rotatable bonds is 3. The van der Waals surface area contributed by atoms with Crippen molar-refractivity contribution in [2.45, 2.75) is 36.8 Å². The predicted octanol–water partition coefficient (Wildman–Crippen LogP) is 4.22. The highest BCUT2D eigenvalue weighted by Gasteiger charge is 2.18. The van der Waals surface area contributed by atoms with Crippen LogP contribution >= 0.6 is 23.4 Å². The zero-order valence-electron chi connectivity index (χ0n) is 10.8. The molecule has 0 atom stereocenters. The summed E-state index contributed by atoms with van der Waals surface area (Å²) in [6, 6.07) is 8.48. The second-order valence-electron chi connectivity index (χ2n) is 4.81. The molecule has 4 heteroatoms. The topological polar surface area (TPSA) is 25.8 Å². The van der Waals surface area contributed by atoms with Gasteiger partial charge in [-0.3, -0.25) is 0 Å². The van der Waals surface area contributed by atoms with Crippen LogP contribution in [-0.4, -0.2) is 9.97 Å². The molecule has 0 N–H and O–H groups in total. The van der Waals surface area contributed by atoms with E-state index in [0.29, 0.717) is 5.15 Å². The van der Waals surface area contributed by atoms with E-state index in [4.69, 9.17) is 11.6 Å². The number of hydrogen-bond donors (Lipinski definition) is 0. The number of halogens is 1. The summed E-state index contributed by atoms with van der Waals surface area (Å²) in [5, 5.41) is 0.655. The molecule has 0 radical (unpaired) electrons. The summed E-state index contributed by atoms with van der Waals surface area (Å²) < 4.78 is 0. The number of thioether (sulfide) groups is 1. The van der Waals surface area contributed by atoms with Gasteiger partial charge in [0.2, 0.25) is 0 Å². The Labute approximate surface area is 122 Å². The molecule has 0 unspecified atom stereocenters. The molecule has 1 aromatic heterocycles. The van der Waals surface area contributed by atoms with E-state index in [2.05, 4.69) is 41.2 Å². The van der Waals surface area contributed by atoms with Crippen molar-refractivity contribution in [3.8, 4) is 0 Å². The highest BCUT2D eigenvalue weighted by Crippen LogP contribution is 2.28. The van der Waals surface area contributed by atoms with E-state index in [9.17, 15) is 0 Å². The quantitative estimate of drug-likeness (QED) is 0.625. The van der Waals surface area contributed by atoms with Crippen molar-refractivity contribution in [2.24, 2.45) is 0 Å². The SMILES string of the molecule is Cc1cccc(SCc2nc(Cl)c3c(n2)CCC3)c1. The summed E-state index contributed by atoms with van der Waals surface area (Å²) in [5.74, 6) is 1.62. The number of hydrogen-bond acceptors (Lipinski definition) is 3. The maximum absolute atomic E-state index is 6.22. The molecule has 0 aliphatic heterocycles. The van der Waals surface area contributed by atoms with Crippen LogP contribution in [-0.2, 0) is 18.6 Å². The Bertz CT molecular complexity index is 613. The van der Waals surface area contributed by atoms with E-state index in [1.54, 1.807) is 11.8 Å². The van der Waals surface area contributed by atoms with Crippen molar-refractivity contribution >= 4 is 23.4 Å². The van der Waals surface area contributed by atoms with Crippen LogP contribution in [0.15, 0.2) is 29.2 Å². The van der Waals surface area contributed by atoms with E-state index in [1.807, 2.05) is 0 Å². The number of fused-ring (bicyclic) bond motifs is 1. The molecule has 1 aliphatic carbocycles. The standard InChI is InChI=1S/C15H15ClN2S/c1-10-4-2-5-11(8-10)19-9-14-17-13-7-3-6-12(13)15(16)18-14/h2,4-5,8H,3,6-7,9H2,1H3. The fourth-order valence-corrected chi connectivity index (χ4v) is 3.52. The summed E-state index contributed by atoms with van der Waals surface area (Å²) in [6.45, 7) is 2.10. The van der Waals surface area contributed by atoms with Gasteiger partial charge in [-0.25, -0.2) is 9.97 Å². The number of aromatic nitrogens is 2. The van der Waals surface area contributed by atoms with Gasteiger partial charge in [0.25, 0.3) is 0 Å². The highest BCUT2D eigenvalue weighted by molar-refractivity contribution is 7.98. The molecule has 1 heterocycles. The third-order valence-corrected chi connectivity index (χ3v) is 4.59. The maximum Gasteiger partial charge on any atom is 0.140 e. The van der Waals surface area contributed by atoms with Crippen molar-refractivity contribution in [3.05, 3.63) is 52.1 Å². The first-order valence-corrected chi connectivity index (χ1v) is 7.82. The first-order valence-electron chi connectivity index (χ1n) is 6.46.